The lowest BCUT2D eigenvalue weighted by Gasteiger charge is -2.32. The molecule has 0 radical (unpaired) electrons. The summed E-state index contributed by atoms with van der Waals surface area (Å²) in [6, 6.07) is 69.9. The molecule has 0 saturated carbocycles. The zero-order valence-electron chi connectivity index (χ0n) is 33.4. The minimum absolute atomic E-state index is 0.294. The number of rotatable bonds is 6. The lowest BCUT2D eigenvalue weighted by molar-refractivity contribution is 0.629. The molecule has 290 valence electrons. The van der Waals surface area contributed by atoms with Gasteiger partial charge in [0.05, 0.1) is 28.2 Å². The fourth-order valence-corrected chi connectivity index (χ4v) is 10.8. The van der Waals surface area contributed by atoms with Gasteiger partial charge in [-0.05, 0) is 109 Å². The number of anilines is 6. The molecule has 62 heavy (non-hydrogen) atoms. The minimum atomic E-state index is -0.540. The summed E-state index contributed by atoms with van der Waals surface area (Å²) in [5.74, 6) is 0.292. The maximum absolute atomic E-state index is 16.7. The van der Waals surface area contributed by atoms with E-state index in [2.05, 4.69) is 161 Å². The zero-order valence-corrected chi connectivity index (χ0v) is 33.4. The summed E-state index contributed by atoms with van der Waals surface area (Å²) < 4.78 is 16.7. The SMILES string of the molecule is Fc1ccccc1N(c1cccc2c1-c1ccccc1C21c2ccccc2-c2ccccc21)c1ccc2ccc3c(N(c4ccccc4)c4ncccn4)ccc4ccc1c2c43. The summed E-state index contributed by atoms with van der Waals surface area (Å²) in [6.07, 6.45) is 3.56. The van der Waals surface area contributed by atoms with Crippen molar-refractivity contribution in [2.24, 2.45) is 0 Å². The van der Waals surface area contributed by atoms with E-state index in [1.165, 1.54) is 33.4 Å². The van der Waals surface area contributed by atoms with Crippen molar-refractivity contribution in [3.05, 3.63) is 241 Å². The lowest BCUT2D eigenvalue weighted by atomic mass is 9.70. The number of para-hydroxylation sites is 2. The number of benzene rings is 10. The van der Waals surface area contributed by atoms with Crippen molar-refractivity contribution in [1.29, 1.82) is 0 Å². The molecule has 2 aliphatic carbocycles. The summed E-state index contributed by atoms with van der Waals surface area (Å²) in [7, 11) is 0. The Labute approximate surface area is 357 Å². The van der Waals surface area contributed by atoms with Gasteiger partial charge in [0.2, 0.25) is 5.95 Å². The van der Waals surface area contributed by atoms with E-state index in [-0.39, 0.29) is 5.82 Å². The molecule has 10 aromatic carbocycles. The largest absolute Gasteiger partial charge is 0.306 e. The number of nitrogens with zero attached hydrogens (tertiary/aromatic N) is 4. The number of halogens is 1. The highest BCUT2D eigenvalue weighted by Crippen LogP contribution is 2.65. The first-order valence-electron chi connectivity index (χ1n) is 21.0. The van der Waals surface area contributed by atoms with E-state index in [1.807, 2.05) is 36.4 Å². The van der Waals surface area contributed by atoms with Gasteiger partial charge in [0.25, 0.3) is 0 Å². The molecular weight excluding hydrogens is 760 g/mol. The molecule has 0 atom stereocenters. The van der Waals surface area contributed by atoms with Gasteiger partial charge in [-0.25, -0.2) is 14.4 Å². The summed E-state index contributed by atoms with van der Waals surface area (Å²) in [4.78, 5) is 13.7. The van der Waals surface area contributed by atoms with Crippen LogP contribution in [0.15, 0.2) is 213 Å². The van der Waals surface area contributed by atoms with Gasteiger partial charge >= 0.3 is 0 Å². The average molecular weight is 795 g/mol. The van der Waals surface area contributed by atoms with Crippen molar-refractivity contribution in [1.82, 2.24) is 9.97 Å². The number of hydrogen-bond acceptors (Lipinski definition) is 4. The summed E-state index contributed by atoms with van der Waals surface area (Å²) in [6.45, 7) is 0. The molecular formula is C57H35FN4. The first-order valence-corrected chi connectivity index (χ1v) is 21.0. The van der Waals surface area contributed by atoms with Crippen LogP contribution >= 0.6 is 0 Å². The van der Waals surface area contributed by atoms with Crippen LogP contribution in [0.4, 0.5) is 38.8 Å². The van der Waals surface area contributed by atoms with Crippen LogP contribution in [0.3, 0.4) is 0 Å². The molecule has 0 bridgehead atoms. The normalized spacial score (nSPS) is 13.0. The van der Waals surface area contributed by atoms with Crippen molar-refractivity contribution >= 4 is 66.7 Å². The number of hydrogen-bond donors (Lipinski definition) is 0. The predicted molar refractivity (Wildman–Crippen MR) is 251 cm³/mol. The second-order valence-electron chi connectivity index (χ2n) is 16.2. The van der Waals surface area contributed by atoms with Crippen LogP contribution in [0.5, 0.6) is 0 Å². The van der Waals surface area contributed by atoms with Crippen molar-refractivity contribution in [2.75, 3.05) is 9.80 Å². The molecule has 0 N–H and O–H groups in total. The topological polar surface area (TPSA) is 32.3 Å². The van der Waals surface area contributed by atoms with Gasteiger partial charge in [-0.1, -0.05) is 152 Å². The zero-order chi connectivity index (χ0) is 40.9. The Morgan fingerprint density at radius 1 is 0.371 bits per heavy atom. The minimum Gasteiger partial charge on any atom is -0.306 e. The Morgan fingerprint density at radius 3 is 1.52 bits per heavy atom. The van der Waals surface area contributed by atoms with Crippen LogP contribution in [-0.4, -0.2) is 9.97 Å². The van der Waals surface area contributed by atoms with E-state index in [9.17, 15) is 0 Å². The third-order valence-electron chi connectivity index (χ3n) is 13.2. The molecule has 13 rings (SSSR count). The Kier molecular flexibility index (Phi) is 7.37. The second kappa shape index (κ2) is 13.2. The second-order valence-corrected chi connectivity index (χ2v) is 16.2. The maximum atomic E-state index is 16.7. The molecule has 0 aliphatic heterocycles. The van der Waals surface area contributed by atoms with Crippen LogP contribution in [-0.2, 0) is 5.41 Å². The highest BCUT2D eigenvalue weighted by atomic mass is 19.1. The molecule has 5 heteroatoms. The van der Waals surface area contributed by atoms with E-state index in [0.29, 0.717) is 11.6 Å². The fraction of sp³-hybridized carbons (Fsp3) is 0.0175. The van der Waals surface area contributed by atoms with Gasteiger partial charge in [0, 0.05) is 34.4 Å². The van der Waals surface area contributed by atoms with E-state index in [1.54, 1.807) is 24.5 Å². The lowest BCUT2D eigenvalue weighted by Crippen LogP contribution is -2.26. The van der Waals surface area contributed by atoms with Crippen LogP contribution in [0.25, 0.3) is 54.6 Å². The highest BCUT2D eigenvalue weighted by molar-refractivity contribution is 6.28. The quantitative estimate of drug-likeness (QED) is 0.157. The predicted octanol–water partition coefficient (Wildman–Crippen LogP) is 14.8. The Hall–Kier alpha value is -8.15. The van der Waals surface area contributed by atoms with Crippen LogP contribution in [0, 0.1) is 5.82 Å². The third-order valence-corrected chi connectivity index (χ3v) is 13.2. The summed E-state index contributed by atoms with van der Waals surface area (Å²) in [5, 5.41) is 6.57. The molecule has 0 fully saturated rings. The van der Waals surface area contributed by atoms with Gasteiger partial charge in [-0.3, -0.25) is 4.90 Å². The molecule has 4 nitrogen and oxygen atoms in total. The first kappa shape index (κ1) is 34.7. The van der Waals surface area contributed by atoms with Crippen LogP contribution in [0.2, 0.25) is 0 Å². The molecule has 0 saturated heterocycles. The van der Waals surface area contributed by atoms with Crippen LogP contribution in [0.1, 0.15) is 22.3 Å². The van der Waals surface area contributed by atoms with Gasteiger partial charge in [0.1, 0.15) is 5.82 Å². The van der Waals surface area contributed by atoms with E-state index in [0.717, 1.165) is 66.2 Å². The van der Waals surface area contributed by atoms with Gasteiger partial charge < -0.3 is 4.90 Å². The van der Waals surface area contributed by atoms with Gasteiger partial charge in [-0.2, -0.15) is 0 Å². The Bertz CT molecular complexity index is 3480. The molecule has 0 amide bonds. The molecule has 1 aromatic heterocycles. The molecule has 1 heterocycles. The average Bonchev–Trinajstić information content (AvgIpc) is 3.81. The summed E-state index contributed by atoms with van der Waals surface area (Å²) in [5.41, 5.74) is 13.4. The first-order chi connectivity index (χ1) is 30.7. The molecule has 2 aliphatic rings. The Balaban J connectivity index is 1.10. The van der Waals surface area contributed by atoms with Gasteiger partial charge in [-0.15, -0.1) is 0 Å². The number of aromatic nitrogens is 2. The van der Waals surface area contributed by atoms with E-state index >= 15 is 4.39 Å². The van der Waals surface area contributed by atoms with E-state index in [4.69, 9.17) is 9.97 Å². The van der Waals surface area contributed by atoms with Crippen LogP contribution < -0.4 is 9.80 Å². The van der Waals surface area contributed by atoms with Crippen molar-refractivity contribution in [2.45, 2.75) is 5.41 Å². The molecule has 1 spiro atoms. The molecule has 0 unspecified atom stereocenters. The maximum Gasteiger partial charge on any atom is 0.234 e. The summed E-state index contributed by atoms with van der Waals surface area (Å²) >= 11 is 0. The van der Waals surface area contributed by atoms with E-state index < -0.39 is 5.41 Å². The number of fused-ring (bicyclic) bond motifs is 10. The third kappa shape index (κ3) is 4.65. The van der Waals surface area contributed by atoms with Gasteiger partial charge in [0.15, 0.2) is 0 Å². The Morgan fingerprint density at radius 2 is 0.871 bits per heavy atom. The molecule has 11 aromatic rings. The standard InChI is InChI=1S/C57H35FN4/c58-48-23-10-11-24-51(48)62(52-25-12-22-47-55(52)41-18-6-9-21-46(41)57(47)44-19-7-4-16-39(44)40-17-5-8-20-45(40)57)50-33-29-37-26-30-42-49(32-28-36-27-31-43(50)54(37)53(36)42)61(38-14-2-1-3-15-38)56-59-34-13-35-60-56/h1-35H. The smallest absolute Gasteiger partial charge is 0.234 e. The van der Waals surface area contributed by atoms with Crippen molar-refractivity contribution in [3.63, 3.8) is 0 Å². The van der Waals surface area contributed by atoms with Crippen molar-refractivity contribution in [3.8, 4) is 22.3 Å². The van der Waals surface area contributed by atoms with Crippen molar-refractivity contribution < 1.29 is 4.39 Å². The highest BCUT2D eigenvalue weighted by Gasteiger charge is 2.52. The monoisotopic (exact) mass is 794 g/mol. The fourth-order valence-electron chi connectivity index (χ4n) is 10.8.